The van der Waals surface area contributed by atoms with E-state index in [4.69, 9.17) is 42.6 Å². The maximum atomic E-state index is 10.9. The number of benzene rings is 4. The van der Waals surface area contributed by atoms with E-state index >= 15 is 0 Å². The molecule has 0 unspecified atom stereocenters. The summed E-state index contributed by atoms with van der Waals surface area (Å²) in [5.74, 6) is 2.83. The Labute approximate surface area is 427 Å². The Morgan fingerprint density at radius 3 is 0.973 bits per heavy atom. The molecule has 17 nitrogen and oxygen atoms in total. The SMILES string of the molecule is CCCOc1c2cc3cc1Cc1cc(CO[C@H]4O[C@H](CO)[C@@H](O)[C@H](O)[C@@H]4O)cc(c1OCCC)Cc1cc(cc(c1OCCC)Cc1cc(CO[C@H]4O[C@H](CO)[C@@H](O)[C@H](O)[C@@H]4O)cc(c1OCCC)C2)COC3. The summed E-state index contributed by atoms with van der Waals surface area (Å²) in [7, 11) is 0. The van der Waals surface area contributed by atoms with Crippen molar-refractivity contribution in [3.63, 3.8) is 0 Å². The Morgan fingerprint density at radius 2 is 0.699 bits per heavy atom. The number of ether oxygens (including phenoxy) is 9. The van der Waals surface area contributed by atoms with Crippen LogP contribution in [-0.2, 0) is 75.8 Å². The third kappa shape index (κ3) is 12.6. The van der Waals surface area contributed by atoms with Crippen molar-refractivity contribution < 1.29 is 83.5 Å². The van der Waals surface area contributed by atoms with Crippen LogP contribution in [0.5, 0.6) is 23.0 Å². The third-order valence-corrected chi connectivity index (χ3v) is 13.6. The van der Waals surface area contributed by atoms with E-state index in [9.17, 15) is 40.9 Å². The van der Waals surface area contributed by atoms with E-state index in [1.54, 1.807) is 0 Å². The number of aliphatic hydroxyl groups excluding tert-OH is 8. The lowest BCUT2D eigenvalue weighted by Crippen LogP contribution is -2.59. The minimum absolute atomic E-state index is 0.0584. The Kier molecular flexibility index (Phi) is 19.1. The highest BCUT2D eigenvalue weighted by Gasteiger charge is 2.45. The molecule has 73 heavy (non-hydrogen) atoms. The summed E-state index contributed by atoms with van der Waals surface area (Å²) in [5, 5.41) is 83.9. The van der Waals surface area contributed by atoms with Crippen LogP contribution in [0.1, 0.15) is 120 Å². The first kappa shape index (κ1) is 54.8. The van der Waals surface area contributed by atoms with Gasteiger partial charge in [0.2, 0.25) is 0 Å². The molecule has 8 rings (SSSR count). The van der Waals surface area contributed by atoms with E-state index in [2.05, 4.69) is 52.0 Å². The van der Waals surface area contributed by atoms with Gasteiger partial charge in [-0.1, -0.05) is 27.7 Å². The molecule has 8 N–H and O–H groups in total. The molecule has 0 saturated carbocycles. The Hall–Kier alpha value is -4.44. The summed E-state index contributed by atoms with van der Waals surface area (Å²) in [6, 6.07) is 16.5. The molecule has 0 radical (unpaired) electrons. The second-order valence-corrected chi connectivity index (χ2v) is 19.6. The van der Waals surface area contributed by atoms with Crippen molar-refractivity contribution >= 4 is 0 Å². The molecule has 4 aromatic carbocycles. The highest BCUT2D eigenvalue weighted by molar-refractivity contribution is 5.58. The zero-order valence-corrected chi connectivity index (χ0v) is 42.4. The van der Waals surface area contributed by atoms with Gasteiger partial charge in [0.25, 0.3) is 0 Å². The number of hydrogen-bond acceptors (Lipinski definition) is 17. The lowest BCUT2D eigenvalue weighted by Gasteiger charge is -2.39. The van der Waals surface area contributed by atoms with Crippen LogP contribution in [0.25, 0.3) is 0 Å². The van der Waals surface area contributed by atoms with E-state index in [-0.39, 0.29) is 13.2 Å². The predicted octanol–water partition coefficient (Wildman–Crippen LogP) is 4.18. The fourth-order valence-corrected chi connectivity index (χ4v) is 10.1. The van der Waals surface area contributed by atoms with Crippen molar-refractivity contribution in [1.29, 1.82) is 0 Å². The number of hydrogen-bond donors (Lipinski definition) is 8. The van der Waals surface area contributed by atoms with E-state index in [1.165, 1.54) is 0 Å². The minimum atomic E-state index is -1.60. The fourth-order valence-electron chi connectivity index (χ4n) is 10.1. The van der Waals surface area contributed by atoms with Gasteiger partial charge in [0.05, 0.1) is 66.1 Å². The second-order valence-electron chi connectivity index (χ2n) is 19.6. The number of fused-ring (bicyclic) bond motifs is 10. The van der Waals surface area contributed by atoms with Gasteiger partial charge in [0.1, 0.15) is 71.8 Å². The van der Waals surface area contributed by atoms with Crippen molar-refractivity contribution in [2.45, 2.75) is 167 Å². The summed E-state index contributed by atoms with van der Waals surface area (Å²) in [6.07, 6.45) is -9.91. The molecule has 0 aromatic heterocycles. The molecule has 10 bridgehead atoms. The van der Waals surface area contributed by atoms with Crippen molar-refractivity contribution in [3.8, 4) is 23.0 Å². The highest BCUT2D eigenvalue weighted by atomic mass is 16.7. The van der Waals surface area contributed by atoms with E-state index < -0.39 is 74.6 Å². The lowest BCUT2D eigenvalue weighted by molar-refractivity contribution is -0.304. The Morgan fingerprint density at radius 1 is 0.411 bits per heavy atom. The van der Waals surface area contributed by atoms with Crippen molar-refractivity contribution in [2.24, 2.45) is 0 Å². The molecule has 4 aliphatic rings. The molecular formula is C56H74O17. The van der Waals surface area contributed by atoms with Crippen LogP contribution >= 0.6 is 0 Å². The maximum absolute atomic E-state index is 10.9. The summed E-state index contributed by atoms with van der Waals surface area (Å²) >= 11 is 0. The molecular weight excluding hydrogens is 945 g/mol. The van der Waals surface area contributed by atoms with E-state index in [0.29, 0.717) is 88.3 Å². The van der Waals surface area contributed by atoms with Crippen LogP contribution in [0.15, 0.2) is 48.5 Å². The van der Waals surface area contributed by atoms with Gasteiger partial charge in [-0.05, 0) is 141 Å². The molecule has 17 heteroatoms. The molecule has 2 saturated heterocycles. The predicted molar refractivity (Wildman–Crippen MR) is 266 cm³/mol. The Balaban J connectivity index is 1.33. The van der Waals surface area contributed by atoms with Crippen LogP contribution in [0.3, 0.4) is 0 Å². The average Bonchev–Trinajstić information content (AvgIpc) is 3.37. The third-order valence-electron chi connectivity index (χ3n) is 13.6. The van der Waals surface area contributed by atoms with Gasteiger partial charge in [-0.25, -0.2) is 0 Å². The minimum Gasteiger partial charge on any atom is -0.493 e. The first-order valence-electron chi connectivity index (χ1n) is 25.9. The normalized spacial score (nSPS) is 25.8. The zero-order valence-electron chi connectivity index (χ0n) is 42.4. The smallest absolute Gasteiger partial charge is 0.187 e. The van der Waals surface area contributed by atoms with Crippen molar-refractivity contribution in [3.05, 3.63) is 115 Å². The summed E-state index contributed by atoms with van der Waals surface area (Å²) in [4.78, 5) is 0. The fraction of sp³-hybridized carbons (Fsp3) is 0.571. The molecule has 4 aromatic rings. The van der Waals surface area contributed by atoms with Gasteiger partial charge in [-0.2, -0.15) is 0 Å². The zero-order chi connectivity index (χ0) is 51.8. The number of rotatable bonds is 20. The standard InChI is InChI=1S/C56H74O17/c1-5-9-66-51-35-13-31-14-36(51)22-40-18-34(30-71-56-50(64)48(62)46(60)44(26-58)73-56)20-42(54(40)69-12-8-4)24-38-16-32(28-65-27-31)15-37(52(38)67-10-6-2)23-41-19-33(17-39(21-35)53(41)68-11-7-3)29-70-55-49(63)47(61)45(59)43(25-57)72-55/h13-20,43-50,55-64H,5-12,21-30H2,1-4H3/t43-,44-,45-,46-,47+,48+,49+,50+,55+,56+/m1/s1. The van der Waals surface area contributed by atoms with Gasteiger partial charge in [-0.15, -0.1) is 0 Å². The molecule has 2 fully saturated rings. The first-order chi connectivity index (χ1) is 35.4. The largest absolute Gasteiger partial charge is 0.493 e. The van der Waals surface area contributed by atoms with Crippen LogP contribution < -0.4 is 18.9 Å². The molecule has 10 atom stereocenters. The Bertz CT molecular complexity index is 2190. The summed E-state index contributed by atoms with van der Waals surface area (Å²) in [6.45, 7) is 9.29. The second kappa shape index (κ2) is 25.4. The topological polar surface area (TPSA) is 245 Å². The molecule has 4 heterocycles. The molecule has 400 valence electrons. The van der Waals surface area contributed by atoms with Gasteiger partial charge in [-0.3, -0.25) is 0 Å². The van der Waals surface area contributed by atoms with Crippen LogP contribution in [0, 0.1) is 0 Å². The summed E-state index contributed by atoms with van der Waals surface area (Å²) < 4.78 is 57.6. The molecule has 0 spiro atoms. The van der Waals surface area contributed by atoms with Crippen molar-refractivity contribution in [2.75, 3.05) is 39.6 Å². The average molecular weight is 1020 g/mol. The first-order valence-corrected chi connectivity index (χ1v) is 25.9. The molecule has 4 aliphatic heterocycles. The van der Waals surface area contributed by atoms with Crippen LogP contribution in [0.2, 0.25) is 0 Å². The van der Waals surface area contributed by atoms with Crippen LogP contribution in [0.4, 0.5) is 0 Å². The van der Waals surface area contributed by atoms with Crippen LogP contribution in [-0.4, -0.2) is 142 Å². The quantitative estimate of drug-likeness (QED) is 0.0545. The molecule has 0 amide bonds. The van der Waals surface area contributed by atoms with Gasteiger partial charge < -0.3 is 83.5 Å². The van der Waals surface area contributed by atoms with Gasteiger partial charge in [0.15, 0.2) is 12.6 Å². The van der Waals surface area contributed by atoms with E-state index in [1.807, 2.05) is 24.3 Å². The number of aliphatic hydroxyl groups is 8. The monoisotopic (exact) mass is 1020 g/mol. The molecule has 0 aliphatic carbocycles. The maximum Gasteiger partial charge on any atom is 0.187 e. The van der Waals surface area contributed by atoms with Gasteiger partial charge in [0, 0.05) is 25.7 Å². The lowest BCUT2D eigenvalue weighted by atomic mass is 9.88. The van der Waals surface area contributed by atoms with Crippen molar-refractivity contribution in [1.82, 2.24) is 0 Å². The van der Waals surface area contributed by atoms with Gasteiger partial charge >= 0.3 is 0 Å². The summed E-state index contributed by atoms with van der Waals surface area (Å²) in [5.41, 5.74) is 10.2. The van der Waals surface area contributed by atoms with E-state index in [0.717, 1.165) is 92.4 Å². The highest BCUT2D eigenvalue weighted by Crippen LogP contribution is 2.42.